The summed E-state index contributed by atoms with van der Waals surface area (Å²) in [6.07, 6.45) is -1.93. The van der Waals surface area contributed by atoms with Gasteiger partial charge in [0.05, 0.1) is 16.1 Å². The number of pyridine rings is 1. The number of nitrogen functional groups attached to an aromatic ring is 1. The second kappa shape index (κ2) is 3.75. The Bertz CT molecular complexity index is 383. The van der Waals surface area contributed by atoms with Crippen molar-refractivity contribution < 1.29 is 13.6 Å². The molecule has 1 amide bonds. The number of primary amides is 1. The Hall–Kier alpha value is -1.43. The first kappa shape index (κ1) is 10.6. The van der Waals surface area contributed by atoms with Crippen LogP contribution in [-0.2, 0) is 0 Å². The average molecular weight is 222 g/mol. The molecule has 76 valence electrons. The molecule has 0 saturated carbocycles. The van der Waals surface area contributed by atoms with Crippen molar-refractivity contribution in [3.8, 4) is 0 Å². The third-order valence-electron chi connectivity index (χ3n) is 1.57. The first-order valence-electron chi connectivity index (χ1n) is 3.47. The quantitative estimate of drug-likeness (QED) is 0.791. The predicted octanol–water partition coefficient (Wildman–Crippen LogP) is 1.35. The summed E-state index contributed by atoms with van der Waals surface area (Å²) in [4.78, 5) is 14.1. The van der Waals surface area contributed by atoms with E-state index in [-0.39, 0.29) is 5.56 Å². The van der Waals surface area contributed by atoms with Gasteiger partial charge in [0, 0.05) is 6.20 Å². The topological polar surface area (TPSA) is 82.0 Å². The number of alkyl halides is 2. The normalized spacial score (nSPS) is 10.6. The first-order valence-corrected chi connectivity index (χ1v) is 3.84. The Morgan fingerprint density at radius 1 is 1.57 bits per heavy atom. The molecule has 1 heterocycles. The molecular formula is C7H6ClF2N3O. The molecule has 0 bridgehead atoms. The van der Waals surface area contributed by atoms with Crippen LogP contribution in [-0.4, -0.2) is 10.9 Å². The molecule has 1 aromatic heterocycles. The lowest BCUT2D eigenvalue weighted by molar-refractivity contribution is 0.0999. The Labute approximate surface area is 82.9 Å². The van der Waals surface area contributed by atoms with Crippen LogP contribution >= 0.6 is 11.6 Å². The molecule has 0 atom stereocenters. The lowest BCUT2D eigenvalue weighted by Crippen LogP contribution is -2.14. The van der Waals surface area contributed by atoms with E-state index in [1.807, 2.05) is 0 Å². The standard InChI is InChI=1S/C7H6ClF2N3O/c8-4-2(7(12)14)1-13-6(11)3(4)5(9)10/h1,5H,(H2,11,13)(H2,12,14). The van der Waals surface area contributed by atoms with Crippen LogP contribution in [0.1, 0.15) is 22.3 Å². The van der Waals surface area contributed by atoms with Gasteiger partial charge in [0.15, 0.2) is 0 Å². The van der Waals surface area contributed by atoms with Crippen molar-refractivity contribution in [2.45, 2.75) is 6.43 Å². The van der Waals surface area contributed by atoms with Crippen LogP contribution in [0.5, 0.6) is 0 Å². The van der Waals surface area contributed by atoms with Gasteiger partial charge in [-0.3, -0.25) is 4.79 Å². The van der Waals surface area contributed by atoms with Gasteiger partial charge >= 0.3 is 0 Å². The van der Waals surface area contributed by atoms with Crippen molar-refractivity contribution in [1.29, 1.82) is 0 Å². The molecule has 14 heavy (non-hydrogen) atoms. The van der Waals surface area contributed by atoms with Crippen molar-refractivity contribution in [2.75, 3.05) is 5.73 Å². The van der Waals surface area contributed by atoms with Gasteiger partial charge in [-0.05, 0) is 0 Å². The maximum Gasteiger partial charge on any atom is 0.268 e. The van der Waals surface area contributed by atoms with Gasteiger partial charge in [-0.15, -0.1) is 0 Å². The van der Waals surface area contributed by atoms with Crippen molar-refractivity contribution in [3.63, 3.8) is 0 Å². The van der Waals surface area contributed by atoms with Gasteiger partial charge in [0.1, 0.15) is 5.82 Å². The molecule has 0 fully saturated rings. The lowest BCUT2D eigenvalue weighted by Gasteiger charge is -2.08. The second-order valence-corrected chi connectivity index (χ2v) is 2.83. The number of carbonyl (C=O) groups is 1. The molecule has 1 aromatic rings. The minimum absolute atomic E-state index is 0.267. The third kappa shape index (κ3) is 1.74. The zero-order chi connectivity index (χ0) is 10.9. The molecule has 0 unspecified atom stereocenters. The summed E-state index contributed by atoms with van der Waals surface area (Å²) >= 11 is 5.50. The summed E-state index contributed by atoms with van der Waals surface area (Å²) in [6, 6.07) is 0. The molecule has 0 spiro atoms. The fourth-order valence-electron chi connectivity index (χ4n) is 0.897. The number of hydrogen-bond donors (Lipinski definition) is 2. The minimum Gasteiger partial charge on any atom is -0.383 e. The summed E-state index contributed by atoms with van der Waals surface area (Å²) in [5, 5.41) is -0.444. The van der Waals surface area contributed by atoms with Crippen LogP contribution in [0.2, 0.25) is 5.02 Å². The second-order valence-electron chi connectivity index (χ2n) is 2.45. The van der Waals surface area contributed by atoms with E-state index in [0.29, 0.717) is 0 Å². The van der Waals surface area contributed by atoms with E-state index in [0.717, 1.165) is 6.20 Å². The summed E-state index contributed by atoms with van der Waals surface area (Å²) in [7, 11) is 0. The molecule has 0 aromatic carbocycles. The highest BCUT2D eigenvalue weighted by molar-refractivity contribution is 6.34. The Morgan fingerprint density at radius 2 is 2.14 bits per heavy atom. The largest absolute Gasteiger partial charge is 0.383 e. The Kier molecular flexibility index (Phi) is 2.85. The number of carbonyl (C=O) groups excluding carboxylic acids is 1. The molecule has 0 aliphatic rings. The molecule has 4 nitrogen and oxygen atoms in total. The Balaban J connectivity index is 3.41. The summed E-state index contributed by atoms with van der Waals surface area (Å²) in [5.74, 6) is -1.33. The van der Waals surface area contributed by atoms with Gasteiger partial charge in [0.25, 0.3) is 12.3 Å². The maximum atomic E-state index is 12.4. The van der Waals surface area contributed by atoms with Crippen LogP contribution in [0.25, 0.3) is 0 Å². The highest BCUT2D eigenvalue weighted by Gasteiger charge is 2.21. The number of hydrogen-bond acceptors (Lipinski definition) is 3. The van der Waals surface area contributed by atoms with Gasteiger partial charge in [-0.25, -0.2) is 13.8 Å². The average Bonchev–Trinajstić information content (AvgIpc) is 2.02. The number of anilines is 1. The number of amides is 1. The van der Waals surface area contributed by atoms with Crippen LogP contribution < -0.4 is 11.5 Å². The van der Waals surface area contributed by atoms with Crippen molar-refractivity contribution >= 4 is 23.3 Å². The van der Waals surface area contributed by atoms with Crippen LogP contribution in [0.15, 0.2) is 6.20 Å². The lowest BCUT2D eigenvalue weighted by atomic mass is 10.2. The Morgan fingerprint density at radius 3 is 2.57 bits per heavy atom. The molecule has 0 aliphatic carbocycles. The zero-order valence-corrected chi connectivity index (χ0v) is 7.55. The van der Waals surface area contributed by atoms with E-state index in [1.54, 1.807) is 0 Å². The monoisotopic (exact) mass is 221 g/mol. The zero-order valence-electron chi connectivity index (χ0n) is 6.80. The smallest absolute Gasteiger partial charge is 0.268 e. The highest BCUT2D eigenvalue weighted by Crippen LogP contribution is 2.32. The van der Waals surface area contributed by atoms with Crippen molar-refractivity contribution in [1.82, 2.24) is 4.98 Å². The van der Waals surface area contributed by atoms with Gasteiger partial charge < -0.3 is 11.5 Å². The number of halogens is 3. The molecule has 1 rings (SSSR count). The highest BCUT2D eigenvalue weighted by atomic mass is 35.5. The molecule has 0 aliphatic heterocycles. The molecule has 0 radical (unpaired) electrons. The fraction of sp³-hybridized carbons (Fsp3) is 0.143. The van der Waals surface area contributed by atoms with Crippen LogP contribution in [0, 0.1) is 0 Å². The van der Waals surface area contributed by atoms with E-state index < -0.39 is 28.7 Å². The first-order chi connectivity index (χ1) is 6.45. The summed E-state index contributed by atoms with van der Waals surface area (Å²) < 4.78 is 24.8. The summed E-state index contributed by atoms with van der Waals surface area (Å²) in [5.41, 5.74) is 9.12. The summed E-state index contributed by atoms with van der Waals surface area (Å²) in [6.45, 7) is 0. The van der Waals surface area contributed by atoms with Crippen LogP contribution in [0.3, 0.4) is 0 Å². The van der Waals surface area contributed by atoms with E-state index in [9.17, 15) is 13.6 Å². The molecule has 4 N–H and O–H groups in total. The van der Waals surface area contributed by atoms with Gasteiger partial charge in [-0.2, -0.15) is 0 Å². The van der Waals surface area contributed by atoms with E-state index >= 15 is 0 Å². The third-order valence-corrected chi connectivity index (χ3v) is 1.97. The van der Waals surface area contributed by atoms with Crippen molar-refractivity contribution in [2.24, 2.45) is 5.73 Å². The van der Waals surface area contributed by atoms with E-state index in [2.05, 4.69) is 4.98 Å². The fourth-order valence-corrected chi connectivity index (χ4v) is 1.22. The maximum absolute atomic E-state index is 12.4. The predicted molar refractivity (Wildman–Crippen MR) is 47.1 cm³/mol. The van der Waals surface area contributed by atoms with E-state index in [1.165, 1.54) is 0 Å². The van der Waals surface area contributed by atoms with E-state index in [4.69, 9.17) is 23.1 Å². The number of rotatable bonds is 2. The van der Waals surface area contributed by atoms with Crippen LogP contribution in [0.4, 0.5) is 14.6 Å². The number of aromatic nitrogens is 1. The van der Waals surface area contributed by atoms with Crippen molar-refractivity contribution in [3.05, 3.63) is 22.3 Å². The molecular weight excluding hydrogens is 216 g/mol. The molecule has 7 heteroatoms. The molecule has 0 saturated heterocycles. The number of nitrogens with zero attached hydrogens (tertiary/aromatic N) is 1. The number of nitrogens with two attached hydrogens (primary N) is 2. The van der Waals surface area contributed by atoms with Gasteiger partial charge in [0.2, 0.25) is 0 Å². The SMILES string of the molecule is NC(=O)c1cnc(N)c(C(F)F)c1Cl. The minimum atomic E-state index is -2.89. The van der Waals surface area contributed by atoms with Gasteiger partial charge in [-0.1, -0.05) is 11.6 Å².